The number of fused-ring (bicyclic) bond motifs is 2. The first-order valence-electron chi connectivity index (χ1n) is 5.86. The Hall–Kier alpha value is -2.48. The molecular formula is C16H10O2. The van der Waals surface area contributed by atoms with Crippen molar-refractivity contribution in [3.05, 3.63) is 54.6 Å². The maximum absolute atomic E-state index is 9.64. The van der Waals surface area contributed by atoms with Crippen molar-refractivity contribution in [2.45, 2.75) is 0 Å². The minimum atomic E-state index is 0.258. The van der Waals surface area contributed by atoms with E-state index in [0.717, 1.165) is 33.4 Å². The van der Waals surface area contributed by atoms with Gasteiger partial charge < -0.3 is 9.84 Å². The SMILES string of the molecule is Oc1ccc2c(c1)-c1cccc3cccc(c13)O2. The smallest absolute Gasteiger partial charge is 0.135 e. The lowest BCUT2D eigenvalue weighted by Gasteiger charge is -2.21. The molecule has 0 unspecified atom stereocenters. The number of ether oxygens (including phenoxy) is 1. The minimum absolute atomic E-state index is 0.258. The summed E-state index contributed by atoms with van der Waals surface area (Å²) in [5.74, 6) is 1.93. The Kier molecular flexibility index (Phi) is 1.73. The van der Waals surface area contributed by atoms with Crippen LogP contribution in [0.3, 0.4) is 0 Å². The highest BCUT2D eigenvalue weighted by atomic mass is 16.5. The fourth-order valence-corrected chi connectivity index (χ4v) is 2.55. The molecule has 3 aromatic rings. The zero-order chi connectivity index (χ0) is 12.1. The number of aromatic hydroxyl groups is 1. The number of hydrogen-bond donors (Lipinski definition) is 1. The zero-order valence-electron chi connectivity index (χ0n) is 9.55. The first kappa shape index (κ1) is 9.54. The number of phenols is 1. The fourth-order valence-electron chi connectivity index (χ4n) is 2.55. The summed E-state index contributed by atoms with van der Waals surface area (Å²) in [6, 6.07) is 17.4. The third kappa shape index (κ3) is 1.17. The van der Waals surface area contributed by atoms with Crippen molar-refractivity contribution in [2.24, 2.45) is 0 Å². The van der Waals surface area contributed by atoms with Gasteiger partial charge in [-0.2, -0.15) is 0 Å². The van der Waals surface area contributed by atoms with Crippen LogP contribution in [0.5, 0.6) is 17.2 Å². The van der Waals surface area contributed by atoms with Crippen molar-refractivity contribution >= 4 is 10.8 Å². The van der Waals surface area contributed by atoms with Crippen molar-refractivity contribution < 1.29 is 9.84 Å². The van der Waals surface area contributed by atoms with E-state index in [1.807, 2.05) is 18.2 Å². The summed E-state index contributed by atoms with van der Waals surface area (Å²) in [5, 5.41) is 11.9. The summed E-state index contributed by atoms with van der Waals surface area (Å²) in [7, 11) is 0. The summed E-state index contributed by atoms with van der Waals surface area (Å²) >= 11 is 0. The molecule has 1 heterocycles. The first-order chi connectivity index (χ1) is 8.83. The van der Waals surface area contributed by atoms with Crippen molar-refractivity contribution in [1.29, 1.82) is 0 Å². The topological polar surface area (TPSA) is 29.5 Å². The van der Waals surface area contributed by atoms with Gasteiger partial charge in [0.1, 0.15) is 17.2 Å². The van der Waals surface area contributed by atoms with Gasteiger partial charge >= 0.3 is 0 Å². The molecular weight excluding hydrogens is 224 g/mol. The molecule has 18 heavy (non-hydrogen) atoms. The third-order valence-electron chi connectivity index (χ3n) is 3.34. The molecule has 2 nitrogen and oxygen atoms in total. The minimum Gasteiger partial charge on any atom is -0.508 e. The second-order valence-corrected chi connectivity index (χ2v) is 4.44. The quantitative estimate of drug-likeness (QED) is 0.491. The van der Waals surface area contributed by atoms with E-state index < -0.39 is 0 Å². The average molecular weight is 234 g/mol. The highest BCUT2D eigenvalue weighted by Crippen LogP contribution is 2.46. The lowest BCUT2D eigenvalue weighted by Crippen LogP contribution is -1.96. The zero-order valence-corrected chi connectivity index (χ0v) is 9.55. The summed E-state index contributed by atoms with van der Waals surface area (Å²) < 4.78 is 5.89. The monoisotopic (exact) mass is 234 g/mol. The highest BCUT2D eigenvalue weighted by Gasteiger charge is 2.19. The van der Waals surface area contributed by atoms with Gasteiger partial charge in [-0.3, -0.25) is 0 Å². The Labute approximate surface area is 104 Å². The molecule has 1 aliphatic rings. The normalized spacial score (nSPS) is 12.0. The molecule has 0 amide bonds. The molecule has 2 heteroatoms. The molecule has 0 atom stereocenters. The van der Waals surface area contributed by atoms with E-state index in [4.69, 9.17) is 4.74 Å². The van der Waals surface area contributed by atoms with E-state index in [2.05, 4.69) is 18.2 Å². The molecule has 0 spiro atoms. The molecule has 86 valence electrons. The third-order valence-corrected chi connectivity index (χ3v) is 3.34. The van der Waals surface area contributed by atoms with Crippen molar-refractivity contribution in [1.82, 2.24) is 0 Å². The average Bonchev–Trinajstić information content (AvgIpc) is 2.40. The fraction of sp³-hybridized carbons (Fsp3) is 0. The molecule has 3 aromatic carbocycles. The molecule has 0 bridgehead atoms. The lowest BCUT2D eigenvalue weighted by molar-refractivity contribution is 0.466. The van der Waals surface area contributed by atoms with Crippen LogP contribution in [0.25, 0.3) is 21.9 Å². The Balaban J connectivity index is 2.18. The predicted octanol–water partition coefficient (Wildman–Crippen LogP) is 4.32. The highest BCUT2D eigenvalue weighted by molar-refractivity contribution is 6.04. The maximum atomic E-state index is 9.64. The largest absolute Gasteiger partial charge is 0.508 e. The first-order valence-corrected chi connectivity index (χ1v) is 5.86. The Morgan fingerprint density at radius 2 is 1.61 bits per heavy atom. The van der Waals surface area contributed by atoms with Gasteiger partial charge in [0.25, 0.3) is 0 Å². The van der Waals surface area contributed by atoms with Crippen LogP contribution in [0, 0.1) is 0 Å². The van der Waals surface area contributed by atoms with Crippen molar-refractivity contribution in [2.75, 3.05) is 0 Å². The van der Waals surface area contributed by atoms with Gasteiger partial charge in [0.2, 0.25) is 0 Å². The summed E-state index contributed by atoms with van der Waals surface area (Å²) in [4.78, 5) is 0. The van der Waals surface area contributed by atoms with Crippen molar-refractivity contribution in [3.8, 4) is 28.4 Å². The van der Waals surface area contributed by atoms with Crippen LogP contribution < -0.4 is 4.74 Å². The Morgan fingerprint density at radius 1 is 0.778 bits per heavy atom. The van der Waals surface area contributed by atoms with Gasteiger partial charge in [-0.1, -0.05) is 30.3 Å². The molecule has 0 saturated carbocycles. The number of rotatable bonds is 0. The Bertz CT molecular complexity index is 770. The van der Waals surface area contributed by atoms with Crippen LogP contribution in [-0.4, -0.2) is 5.11 Å². The van der Waals surface area contributed by atoms with E-state index >= 15 is 0 Å². The second-order valence-electron chi connectivity index (χ2n) is 4.44. The van der Waals surface area contributed by atoms with Crippen LogP contribution in [0.4, 0.5) is 0 Å². The predicted molar refractivity (Wildman–Crippen MR) is 71.1 cm³/mol. The van der Waals surface area contributed by atoms with Crippen LogP contribution in [0.1, 0.15) is 0 Å². The molecule has 1 aliphatic heterocycles. The van der Waals surface area contributed by atoms with Gasteiger partial charge in [0.15, 0.2) is 0 Å². The van der Waals surface area contributed by atoms with E-state index in [1.165, 1.54) is 0 Å². The van der Waals surface area contributed by atoms with Gasteiger partial charge in [0.05, 0.1) is 0 Å². The van der Waals surface area contributed by atoms with Crippen LogP contribution in [0.15, 0.2) is 54.6 Å². The number of benzene rings is 3. The van der Waals surface area contributed by atoms with Crippen molar-refractivity contribution in [3.63, 3.8) is 0 Å². The van der Waals surface area contributed by atoms with Gasteiger partial charge in [0, 0.05) is 10.9 Å². The molecule has 0 radical (unpaired) electrons. The molecule has 0 aliphatic carbocycles. The Morgan fingerprint density at radius 3 is 2.50 bits per heavy atom. The summed E-state index contributed by atoms with van der Waals surface area (Å²) in [6.07, 6.45) is 0. The van der Waals surface area contributed by atoms with Gasteiger partial charge in [-0.15, -0.1) is 0 Å². The van der Waals surface area contributed by atoms with Gasteiger partial charge in [-0.25, -0.2) is 0 Å². The summed E-state index contributed by atoms with van der Waals surface area (Å²) in [6.45, 7) is 0. The van der Waals surface area contributed by atoms with E-state index in [9.17, 15) is 5.11 Å². The van der Waals surface area contributed by atoms with Crippen LogP contribution >= 0.6 is 0 Å². The van der Waals surface area contributed by atoms with E-state index in [-0.39, 0.29) is 5.75 Å². The summed E-state index contributed by atoms with van der Waals surface area (Å²) in [5.41, 5.74) is 2.06. The number of hydrogen-bond acceptors (Lipinski definition) is 2. The molecule has 0 fully saturated rings. The maximum Gasteiger partial charge on any atom is 0.135 e. The lowest BCUT2D eigenvalue weighted by atomic mass is 9.95. The van der Waals surface area contributed by atoms with Crippen LogP contribution in [-0.2, 0) is 0 Å². The van der Waals surface area contributed by atoms with Crippen LogP contribution in [0.2, 0.25) is 0 Å². The van der Waals surface area contributed by atoms with E-state index in [0.29, 0.717) is 0 Å². The molecule has 1 N–H and O–H groups in total. The molecule has 4 rings (SSSR count). The number of phenolic OH excluding ortho intramolecular Hbond substituents is 1. The van der Waals surface area contributed by atoms with E-state index in [1.54, 1.807) is 18.2 Å². The standard InChI is InChI=1S/C16H10O2/c17-11-7-8-14-13(9-11)12-5-1-3-10-4-2-6-15(18-14)16(10)12/h1-9,17H. The molecule has 0 aromatic heterocycles. The van der Waals surface area contributed by atoms with Gasteiger partial charge in [-0.05, 0) is 35.2 Å². The second kappa shape index (κ2) is 3.26. The molecule has 0 saturated heterocycles.